The summed E-state index contributed by atoms with van der Waals surface area (Å²) in [5.41, 5.74) is -0.807. The Balaban J connectivity index is 1.54. The van der Waals surface area contributed by atoms with Gasteiger partial charge in [0.2, 0.25) is 0 Å². The second-order valence-corrected chi connectivity index (χ2v) is 10.4. The minimum Gasteiger partial charge on any atom is -0.390 e. The van der Waals surface area contributed by atoms with Gasteiger partial charge in [0, 0.05) is 18.3 Å². The first-order chi connectivity index (χ1) is 13.9. The van der Waals surface area contributed by atoms with E-state index in [0.29, 0.717) is 50.2 Å². The van der Waals surface area contributed by atoms with Crippen molar-refractivity contribution in [2.75, 3.05) is 13.2 Å². The molecular weight excluding hydrogens is 364 g/mol. The summed E-state index contributed by atoms with van der Waals surface area (Å²) in [6, 6.07) is 0. The second kappa shape index (κ2) is 6.57. The molecule has 0 bridgehead atoms. The molecule has 4 fully saturated rings. The summed E-state index contributed by atoms with van der Waals surface area (Å²) < 4.78 is 12.0. The number of terminal acetylenes is 1. The van der Waals surface area contributed by atoms with E-state index >= 15 is 0 Å². The molecule has 160 valence electrons. The number of ether oxygens (including phenoxy) is 2. The summed E-state index contributed by atoms with van der Waals surface area (Å²) in [6.45, 7) is 5.64. The number of hydrogen-bond donors (Lipinski definition) is 2. The maximum absolute atomic E-state index is 12.1. The van der Waals surface area contributed by atoms with Gasteiger partial charge in [-0.25, -0.2) is 0 Å². The van der Waals surface area contributed by atoms with E-state index in [1.807, 2.05) is 0 Å². The highest BCUT2D eigenvalue weighted by Crippen LogP contribution is 2.69. The number of hydrogen-bond acceptors (Lipinski definition) is 4. The van der Waals surface area contributed by atoms with E-state index in [1.165, 1.54) is 5.57 Å². The maximum atomic E-state index is 12.1. The number of allylic oxidation sites excluding steroid dienone is 1. The fraction of sp³-hybridized carbons (Fsp3) is 0.840. The average molecular weight is 401 g/mol. The molecule has 5 aliphatic rings. The van der Waals surface area contributed by atoms with Crippen molar-refractivity contribution >= 4 is 0 Å². The van der Waals surface area contributed by atoms with E-state index in [1.54, 1.807) is 0 Å². The first kappa shape index (κ1) is 20.1. The Morgan fingerprint density at radius 1 is 1.14 bits per heavy atom. The summed E-state index contributed by atoms with van der Waals surface area (Å²) >= 11 is 0. The molecule has 0 aromatic carbocycles. The lowest BCUT2D eigenvalue weighted by Gasteiger charge is -2.62. The predicted octanol–water partition coefficient (Wildman–Crippen LogP) is 3.81. The van der Waals surface area contributed by atoms with Crippen LogP contribution in [-0.2, 0) is 9.47 Å². The number of aliphatic hydroxyl groups is 2. The Kier molecular flexibility index (Phi) is 4.54. The highest BCUT2D eigenvalue weighted by atomic mass is 16.7. The molecule has 1 spiro atoms. The van der Waals surface area contributed by atoms with Crippen LogP contribution in [0.2, 0.25) is 0 Å². The van der Waals surface area contributed by atoms with Crippen LogP contribution in [0, 0.1) is 41.4 Å². The molecule has 0 aromatic rings. The zero-order valence-electron chi connectivity index (χ0n) is 18.0. The lowest BCUT2D eigenvalue weighted by molar-refractivity contribution is -0.211. The molecule has 2 N–H and O–H groups in total. The number of rotatable bonds is 2. The van der Waals surface area contributed by atoms with Crippen molar-refractivity contribution in [1.82, 2.24) is 0 Å². The van der Waals surface area contributed by atoms with Gasteiger partial charge in [0.05, 0.1) is 18.8 Å². The molecule has 0 radical (unpaired) electrons. The maximum Gasteiger partial charge on any atom is 0.172 e. The minimum atomic E-state index is -1.09. The third kappa shape index (κ3) is 2.54. The number of fused-ring (bicyclic) bond motifs is 5. The van der Waals surface area contributed by atoms with Crippen LogP contribution in [-0.4, -0.2) is 40.4 Å². The van der Waals surface area contributed by atoms with Crippen molar-refractivity contribution in [3.05, 3.63) is 11.6 Å². The Morgan fingerprint density at radius 3 is 2.55 bits per heavy atom. The molecule has 4 aliphatic carbocycles. The minimum absolute atomic E-state index is 0.246. The van der Waals surface area contributed by atoms with Crippen LogP contribution in [0.3, 0.4) is 0 Å². The molecule has 4 heteroatoms. The zero-order valence-corrected chi connectivity index (χ0v) is 18.0. The molecule has 1 aliphatic heterocycles. The summed E-state index contributed by atoms with van der Waals surface area (Å²) in [5.74, 6) is 3.78. The normalized spacial score (nSPS) is 50.4. The standard InChI is InChI=1S/C25H36O4/c1-4-22-16-23(26,5-2)21-18-9-12-25(28-13-14-29-25)15-17(18)7-8-19(21)20(22)10-11-24(22,27)6-3/h3,7,18-21,26-27H,4-5,8-16H2,1-2H3/t18?,19?,20?,21?,22-,23?,24-/m0/s1. The molecule has 4 nitrogen and oxygen atoms in total. The van der Waals surface area contributed by atoms with Crippen LogP contribution in [0.5, 0.6) is 0 Å². The van der Waals surface area contributed by atoms with Gasteiger partial charge in [0.15, 0.2) is 5.79 Å². The SMILES string of the molecule is C#C[C@]1(O)CCC2C3CC=C4CC5(CCC4C3C(O)(CC)C[C@@]21CC)OCCO5. The first-order valence-electron chi connectivity index (χ1n) is 11.8. The smallest absolute Gasteiger partial charge is 0.172 e. The Morgan fingerprint density at radius 2 is 1.90 bits per heavy atom. The van der Waals surface area contributed by atoms with Crippen molar-refractivity contribution in [3.63, 3.8) is 0 Å². The van der Waals surface area contributed by atoms with Gasteiger partial charge in [-0.05, 0) is 68.6 Å². The van der Waals surface area contributed by atoms with Gasteiger partial charge >= 0.3 is 0 Å². The van der Waals surface area contributed by atoms with E-state index in [-0.39, 0.29) is 11.3 Å². The fourth-order valence-corrected chi connectivity index (χ4v) is 8.41. The monoisotopic (exact) mass is 400 g/mol. The van der Waals surface area contributed by atoms with Crippen LogP contribution in [0.4, 0.5) is 0 Å². The zero-order chi connectivity index (χ0) is 20.5. The van der Waals surface area contributed by atoms with Crippen molar-refractivity contribution < 1.29 is 19.7 Å². The highest BCUT2D eigenvalue weighted by molar-refractivity contribution is 5.30. The van der Waals surface area contributed by atoms with Gasteiger partial charge in [0.1, 0.15) is 5.60 Å². The predicted molar refractivity (Wildman–Crippen MR) is 111 cm³/mol. The van der Waals surface area contributed by atoms with Gasteiger partial charge in [-0.2, -0.15) is 0 Å². The third-order valence-electron chi connectivity index (χ3n) is 9.74. The van der Waals surface area contributed by atoms with Gasteiger partial charge in [-0.15, -0.1) is 6.42 Å². The lowest BCUT2D eigenvalue weighted by atomic mass is 9.45. The van der Waals surface area contributed by atoms with Crippen LogP contribution >= 0.6 is 0 Å². The molecule has 29 heavy (non-hydrogen) atoms. The molecule has 5 rings (SSSR count). The second-order valence-electron chi connectivity index (χ2n) is 10.4. The van der Waals surface area contributed by atoms with Crippen LogP contribution in [0.15, 0.2) is 11.6 Å². The molecular formula is C25H36O4. The Hall–Kier alpha value is -0.860. The van der Waals surface area contributed by atoms with E-state index in [0.717, 1.165) is 38.5 Å². The molecule has 3 saturated carbocycles. The highest BCUT2D eigenvalue weighted by Gasteiger charge is 2.69. The van der Waals surface area contributed by atoms with Gasteiger partial charge < -0.3 is 19.7 Å². The van der Waals surface area contributed by atoms with E-state index in [9.17, 15) is 10.2 Å². The van der Waals surface area contributed by atoms with Gasteiger partial charge in [0.25, 0.3) is 0 Å². The Bertz CT molecular complexity index is 746. The molecule has 0 aromatic heterocycles. The van der Waals surface area contributed by atoms with E-state index in [2.05, 4.69) is 25.8 Å². The first-order valence-corrected chi connectivity index (χ1v) is 11.8. The summed E-state index contributed by atoms with van der Waals surface area (Å²) in [7, 11) is 0. The van der Waals surface area contributed by atoms with Crippen LogP contribution < -0.4 is 0 Å². The van der Waals surface area contributed by atoms with Gasteiger partial charge in [-0.1, -0.05) is 31.4 Å². The Labute approximate surface area is 175 Å². The quantitative estimate of drug-likeness (QED) is 0.547. The van der Waals surface area contributed by atoms with Crippen LogP contribution in [0.25, 0.3) is 0 Å². The topological polar surface area (TPSA) is 58.9 Å². The summed E-state index contributed by atoms with van der Waals surface area (Å²) in [6.07, 6.45) is 15.9. The van der Waals surface area contributed by atoms with Crippen molar-refractivity contribution in [3.8, 4) is 12.3 Å². The van der Waals surface area contributed by atoms with Crippen molar-refractivity contribution in [2.24, 2.45) is 29.1 Å². The van der Waals surface area contributed by atoms with Crippen molar-refractivity contribution in [1.29, 1.82) is 0 Å². The molecule has 1 heterocycles. The van der Waals surface area contributed by atoms with E-state index in [4.69, 9.17) is 15.9 Å². The fourth-order valence-electron chi connectivity index (χ4n) is 8.41. The van der Waals surface area contributed by atoms with E-state index < -0.39 is 17.0 Å². The lowest BCUT2D eigenvalue weighted by Crippen LogP contribution is -2.63. The molecule has 7 atom stereocenters. The van der Waals surface area contributed by atoms with Gasteiger partial charge in [-0.3, -0.25) is 0 Å². The van der Waals surface area contributed by atoms with Crippen LogP contribution in [0.1, 0.15) is 71.6 Å². The largest absolute Gasteiger partial charge is 0.390 e. The van der Waals surface area contributed by atoms with Crippen molar-refractivity contribution in [2.45, 2.75) is 88.6 Å². The summed E-state index contributed by atoms with van der Waals surface area (Å²) in [5, 5.41) is 23.5. The summed E-state index contributed by atoms with van der Waals surface area (Å²) in [4.78, 5) is 0. The molecule has 5 unspecified atom stereocenters. The molecule has 1 saturated heterocycles. The average Bonchev–Trinajstić information content (AvgIpc) is 3.30. The molecule has 0 amide bonds. The third-order valence-corrected chi connectivity index (χ3v) is 9.74.